The summed E-state index contributed by atoms with van der Waals surface area (Å²) in [5.41, 5.74) is 2.51. The first-order valence-corrected chi connectivity index (χ1v) is 9.51. The van der Waals surface area contributed by atoms with Crippen LogP contribution in [-0.4, -0.2) is 34.7 Å². The van der Waals surface area contributed by atoms with Gasteiger partial charge in [0.05, 0.1) is 12.7 Å². The lowest BCUT2D eigenvalue weighted by atomic mass is 10.3. The lowest BCUT2D eigenvalue weighted by molar-refractivity contribution is 0.553. The molecule has 0 saturated heterocycles. The highest BCUT2D eigenvalue weighted by atomic mass is 15.4. The fraction of sp³-hybridized carbons (Fsp3) is 0.526. The Hall–Kier alpha value is -2.57. The third kappa shape index (κ3) is 2.81. The minimum atomic E-state index is 0.537. The molecule has 2 saturated carbocycles. The molecular weight excluding hydrogens is 326 g/mol. The van der Waals surface area contributed by atoms with Crippen LogP contribution in [-0.2, 0) is 13.1 Å². The molecule has 0 aliphatic heterocycles. The first-order chi connectivity index (χ1) is 12.8. The van der Waals surface area contributed by atoms with Crippen LogP contribution >= 0.6 is 0 Å². The summed E-state index contributed by atoms with van der Waals surface area (Å²) >= 11 is 0. The Bertz CT molecular complexity index is 907. The number of unbranched alkanes of at least 4 members (excludes halogenated alkanes) is 1. The zero-order valence-corrected chi connectivity index (χ0v) is 15.0. The summed E-state index contributed by atoms with van der Waals surface area (Å²) in [6.45, 7) is 3.74. The van der Waals surface area contributed by atoms with Gasteiger partial charge in [0.25, 0.3) is 0 Å². The highest BCUT2D eigenvalue weighted by molar-refractivity contribution is 5.48. The molecule has 134 valence electrons. The van der Waals surface area contributed by atoms with Crippen LogP contribution in [0.25, 0.3) is 11.5 Å². The summed E-state index contributed by atoms with van der Waals surface area (Å²) in [5.74, 6) is 2.34. The average molecular weight is 349 g/mol. The molecule has 1 spiro atoms. The van der Waals surface area contributed by atoms with Gasteiger partial charge in [0, 0.05) is 24.9 Å². The van der Waals surface area contributed by atoms with Gasteiger partial charge in [-0.3, -0.25) is 9.67 Å². The summed E-state index contributed by atoms with van der Waals surface area (Å²) < 4.78 is 3.89. The molecule has 7 nitrogen and oxygen atoms in total. The van der Waals surface area contributed by atoms with Crippen LogP contribution in [0.1, 0.15) is 56.3 Å². The Labute approximate surface area is 152 Å². The predicted molar refractivity (Wildman–Crippen MR) is 96.3 cm³/mol. The Morgan fingerprint density at radius 3 is 2.81 bits per heavy atom. The van der Waals surface area contributed by atoms with E-state index in [2.05, 4.69) is 22.2 Å². The summed E-state index contributed by atoms with van der Waals surface area (Å²) in [5, 5.41) is 13.5. The largest absolute Gasteiger partial charge is 0.265 e. The first kappa shape index (κ1) is 15.7. The molecule has 3 aromatic rings. The van der Waals surface area contributed by atoms with E-state index >= 15 is 0 Å². The lowest BCUT2D eigenvalue weighted by Gasteiger charge is -2.03. The third-order valence-electron chi connectivity index (χ3n) is 5.67. The monoisotopic (exact) mass is 349 g/mol. The maximum Gasteiger partial charge on any atom is 0.180 e. The van der Waals surface area contributed by atoms with E-state index in [4.69, 9.17) is 10.1 Å². The molecule has 0 bridgehead atoms. The van der Waals surface area contributed by atoms with Crippen LogP contribution in [0.2, 0.25) is 0 Å². The Kier molecular flexibility index (Phi) is 3.62. The van der Waals surface area contributed by atoms with Crippen molar-refractivity contribution < 1.29 is 0 Å². The van der Waals surface area contributed by atoms with Gasteiger partial charge in [0.1, 0.15) is 5.69 Å². The smallest absolute Gasteiger partial charge is 0.180 e. The highest BCUT2D eigenvalue weighted by Crippen LogP contribution is 2.74. The quantitative estimate of drug-likeness (QED) is 0.655. The van der Waals surface area contributed by atoms with E-state index in [-0.39, 0.29) is 0 Å². The summed E-state index contributed by atoms with van der Waals surface area (Å²) in [4.78, 5) is 8.99. The molecule has 7 heteroatoms. The van der Waals surface area contributed by atoms with Gasteiger partial charge in [-0.25, -0.2) is 9.67 Å². The van der Waals surface area contributed by atoms with Crippen LogP contribution in [0.5, 0.6) is 0 Å². The lowest BCUT2D eigenvalue weighted by Crippen LogP contribution is -2.05. The van der Waals surface area contributed by atoms with Crippen LogP contribution in [0, 0.1) is 5.41 Å². The molecule has 0 N–H and O–H groups in total. The van der Waals surface area contributed by atoms with E-state index in [9.17, 15) is 0 Å². The second kappa shape index (κ2) is 6.00. The zero-order valence-electron chi connectivity index (χ0n) is 15.0. The number of aryl methyl sites for hydroxylation is 1. The fourth-order valence-electron chi connectivity index (χ4n) is 3.72. The van der Waals surface area contributed by atoms with Gasteiger partial charge in [0.15, 0.2) is 11.6 Å². The standard InChI is InChI=1S/C19H23N7/c1-2-3-10-25-13-16(22-24-25)18-21-17(15-11-19(15)6-7-19)23-26(18)12-14-4-8-20-9-5-14/h4-5,8-9,13,15H,2-3,6-7,10-12H2,1H3. The van der Waals surface area contributed by atoms with Crippen LogP contribution in [0.4, 0.5) is 0 Å². The zero-order chi connectivity index (χ0) is 17.6. The highest BCUT2D eigenvalue weighted by Gasteiger charge is 2.64. The normalized spacial score (nSPS) is 19.8. The fourth-order valence-corrected chi connectivity index (χ4v) is 3.72. The molecule has 0 radical (unpaired) electrons. The number of nitrogens with zero attached hydrogens (tertiary/aromatic N) is 7. The van der Waals surface area contributed by atoms with E-state index in [0.717, 1.165) is 42.3 Å². The number of hydrogen-bond donors (Lipinski definition) is 0. The van der Waals surface area contributed by atoms with Crippen LogP contribution < -0.4 is 0 Å². The molecule has 1 atom stereocenters. The first-order valence-electron chi connectivity index (χ1n) is 9.51. The van der Waals surface area contributed by atoms with Gasteiger partial charge in [-0.1, -0.05) is 18.6 Å². The van der Waals surface area contributed by atoms with Crippen molar-refractivity contribution in [2.45, 2.75) is 58.0 Å². The molecular formula is C19H23N7. The number of pyridine rings is 1. The maximum atomic E-state index is 4.89. The molecule has 2 aliphatic rings. The van der Waals surface area contributed by atoms with E-state index in [1.54, 1.807) is 0 Å². The van der Waals surface area contributed by atoms with Gasteiger partial charge < -0.3 is 0 Å². The summed E-state index contributed by atoms with van der Waals surface area (Å²) in [6, 6.07) is 4.03. The Morgan fingerprint density at radius 2 is 2.08 bits per heavy atom. The number of aromatic nitrogens is 7. The van der Waals surface area contributed by atoms with E-state index in [1.807, 2.05) is 40.1 Å². The minimum Gasteiger partial charge on any atom is -0.265 e. The van der Waals surface area contributed by atoms with E-state index in [0.29, 0.717) is 17.9 Å². The van der Waals surface area contributed by atoms with Gasteiger partial charge in [-0.2, -0.15) is 5.10 Å². The second-order valence-corrected chi connectivity index (χ2v) is 7.65. The average Bonchev–Trinajstić information content (AvgIpc) is 3.48. The van der Waals surface area contributed by atoms with Crippen LogP contribution in [0.15, 0.2) is 30.7 Å². The molecule has 2 aliphatic carbocycles. The molecule has 26 heavy (non-hydrogen) atoms. The molecule has 0 aromatic carbocycles. The van der Waals surface area contributed by atoms with Crippen molar-refractivity contribution in [2.75, 3.05) is 0 Å². The SMILES string of the molecule is CCCCn1cc(-c2nc(C3CC34CC4)nn2Cc2ccncc2)nn1. The molecule has 5 rings (SSSR count). The van der Waals surface area contributed by atoms with Crippen molar-refractivity contribution in [3.8, 4) is 11.5 Å². The van der Waals surface area contributed by atoms with Crippen molar-refractivity contribution in [2.24, 2.45) is 5.41 Å². The van der Waals surface area contributed by atoms with Gasteiger partial charge >= 0.3 is 0 Å². The van der Waals surface area contributed by atoms with Crippen molar-refractivity contribution in [1.29, 1.82) is 0 Å². The molecule has 1 unspecified atom stereocenters. The topological polar surface area (TPSA) is 74.3 Å². The summed E-state index contributed by atoms with van der Waals surface area (Å²) in [7, 11) is 0. The second-order valence-electron chi connectivity index (χ2n) is 7.65. The number of rotatable bonds is 7. The van der Waals surface area contributed by atoms with Crippen molar-refractivity contribution >= 4 is 0 Å². The predicted octanol–water partition coefficient (Wildman–Crippen LogP) is 3.05. The van der Waals surface area contributed by atoms with Crippen molar-refractivity contribution in [3.63, 3.8) is 0 Å². The van der Waals surface area contributed by atoms with Crippen LogP contribution in [0.3, 0.4) is 0 Å². The molecule has 2 fully saturated rings. The maximum absolute atomic E-state index is 4.89. The minimum absolute atomic E-state index is 0.537. The van der Waals surface area contributed by atoms with Gasteiger partial charge in [0.2, 0.25) is 0 Å². The van der Waals surface area contributed by atoms with E-state index < -0.39 is 0 Å². The molecule has 3 heterocycles. The van der Waals surface area contributed by atoms with Crippen molar-refractivity contribution in [1.82, 2.24) is 34.7 Å². The van der Waals surface area contributed by atoms with Gasteiger partial charge in [-0.15, -0.1) is 5.10 Å². The van der Waals surface area contributed by atoms with Crippen molar-refractivity contribution in [3.05, 3.63) is 42.1 Å². The summed E-state index contributed by atoms with van der Waals surface area (Å²) in [6.07, 6.45) is 11.8. The molecule has 0 amide bonds. The Morgan fingerprint density at radius 1 is 1.23 bits per heavy atom. The third-order valence-corrected chi connectivity index (χ3v) is 5.67. The molecule has 3 aromatic heterocycles. The Balaban J connectivity index is 1.47. The number of hydrogen-bond acceptors (Lipinski definition) is 5. The van der Waals surface area contributed by atoms with E-state index in [1.165, 1.54) is 19.3 Å². The van der Waals surface area contributed by atoms with Gasteiger partial charge in [-0.05, 0) is 48.8 Å².